The maximum absolute atomic E-state index is 12.5. The highest BCUT2D eigenvalue weighted by Crippen LogP contribution is 2.30. The number of methoxy groups -OCH3 is 1. The Morgan fingerprint density at radius 3 is 2.88 bits per heavy atom. The minimum atomic E-state index is -0.0876. The average molecular weight is 331 g/mol. The fourth-order valence-electron chi connectivity index (χ4n) is 3.46. The molecular weight excluding hydrogens is 306 g/mol. The molecule has 2 aromatic rings. The van der Waals surface area contributed by atoms with Gasteiger partial charge in [0.25, 0.3) is 0 Å². The Hall–Kier alpha value is -1.85. The standard InChI is InChI=1S/C19H25NO4/c1-11-7-12(2)18-14(9-24-19(18)13(11)3)8-17(21)20-15-5-6-23-10-16(15)22-4/h7,9,15-16H,5-6,8,10H2,1-4H3,(H,20,21)/t15-,16-/m1/s1. The first-order valence-electron chi connectivity index (χ1n) is 8.38. The molecule has 1 saturated heterocycles. The number of carbonyl (C=O) groups excluding carboxylic acids is 1. The third-order valence-electron chi connectivity index (χ3n) is 4.93. The van der Waals surface area contributed by atoms with Crippen LogP contribution >= 0.6 is 0 Å². The van der Waals surface area contributed by atoms with Gasteiger partial charge >= 0.3 is 0 Å². The van der Waals surface area contributed by atoms with E-state index in [1.54, 1.807) is 13.4 Å². The van der Waals surface area contributed by atoms with Crippen molar-refractivity contribution < 1.29 is 18.7 Å². The Balaban J connectivity index is 1.77. The molecule has 0 spiro atoms. The van der Waals surface area contributed by atoms with Crippen LogP contribution in [0.5, 0.6) is 0 Å². The van der Waals surface area contributed by atoms with Gasteiger partial charge < -0.3 is 19.2 Å². The molecule has 2 atom stereocenters. The van der Waals surface area contributed by atoms with Gasteiger partial charge in [-0.1, -0.05) is 6.07 Å². The van der Waals surface area contributed by atoms with Crippen molar-refractivity contribution in [2.45, 2.75) is 45.8 Å². The zero-order valence-corrected chi connectivity index (χ0v) is 14.8. The molecule has 3 rings (SSSR count). The summed E-state index contributed by atoms with van der Waals surface area (Å²) >= 11 is 0. The smallest absolute Gasteiger partial charge is 0.224 e. The van der Waals surface area contributed by atoms with Crippen LogP contribution in [-0.2, 0) is 20.7 Å². The maximum Gasteiger partial charge on any atom is 0.224 e. The number of rotatable bonds is 4. The number of hydrogen-bond donors (Lipinski definition) is 1. The van der Waals surface area contributed by atoms with Gasteiger partial charge in [-0.05, 0) is 43.9 Å². The second-order valence-corrected chi connectivity index (χ2v) is 6.59. The van der Waals surface area contributed by atoms with Crippen LogP contribution in [0.25, 0.3) is 11.0 Å². The third-order valence-corrected chi connectivity index (χ3v) is 4.93. The second-order valence-electron chi connectivity index (χ2n) is 6.59. The van der Waals surface area contributed by atoms with E-state index in [4.69, 9.17) is 13.9 Å². The summed E-state index contributed by atoms with van der Waals surface area (Å²) in [5.74, 6) is -0.00993. The topological polar surface area (TPSA) is 60.7 Å². The Morgan fingerprint density at radius 1 is 1.33 bits per heavy atom. The van der Waals surface area contributed by atoms with Crippen molar-refractivity contribution >= 4 is 16.9 Å². The Morgan fingerprint density at radius 2 is 2.12 bits per heavy atom. The van der Waals surface area contributed by atoms with E-state index in [0.29, 0.717) is 19.6 Å². The van der Waals surface area contributed by atoms with E-state index < -0.39 is 0 Å². The van der Waals surface area contributed by atoms with Crippen molar-refractivity contribution in [1.82, 2.24) is 5.32 Å². The summed E-state index contributed by atoms with van der Waals surface area (Å²) in [6.07, 6.45) is 2.70. The van der Waals surface area contributed by atoms with Gasteiger partial charge in [0.2, 0.25) is 5.91 Å². The number of fused-ring (bicyclic) bond motifs is 1. The van der Waals surface area contributed by atoms with E-state index in [2.05, 4.69) is 32.2 Å². The first-order chi connectivity index (χ1) is 11.5. The SMILES string of the molecule is CO[C@@H]1COCC[C@H]1NC(=O)Cc1coc2c(C)c(C)cc(C)c12. The molecule has 130 valence electrons. The Kier molecular flexibility index (Phi) is 4.92. The van der Waals surface area contributed by atoms with E-state index >= 15 is 0 Å². The lowest BCUT2D eigenvalue weighted by Gasteiger charge is -2.31. The van der Waals surface area contributed by atoms with Crippen molar-refractivity contribution in [2.75, 3.05) is 20.3 Å². The monoisotopic (exact) mass is 331 g/mol. The molecule has 5 nitrogen and oxygen atoms in total. The molecule has 1 N–H and O–H groups in total. The van der Waals surface area contributed by atoms with Crippen molar-refractivity contribution in [2.24, 2.45) is 0 Å². The van der Waals surface area contributed by atoms with Gasteiger partial charge in [-0.2, -0.15) is 0 Å². The van der Waals surface area contributed by atoms with Crippen LogP contribution in [0.2, 0.25) is 0 Å². The molecule has 1 amide bonds. The van der Waals surface area contributed by atoms with Gasteiger partial charge in [-0.3, -0.25) is 4.79 Å². The molecule has 0 unspecified atom stereocenters. The normalized spacial score (nSPS) is 21.2. The van der Waals surface area contributed by atoms with E-state index in [9.17, 15) is 4.79 Å². The first-order valence-corrected chi connectivity index (χ1v) is 8.38. The molecule has 0 bridgehead atoms. The largest absolute Gasteiger partial charge is 0.464 e. The predicted molar refractivity (Wildman–Crippen MR) is 92.3 cm³/mol. The molecular formula is C19H25NO4. The van der Waals surface area contributed by atoms with E-state index in [-0.39, 0.29) is 18.1 Å². The van der Waals surface area contributed by atoms with Gasteiger partial charge in [0.1, 0.15) is 11.7 Å². The van der Waals surface area contributed by atoms with Crippen LogP contribution in [-0.4, -0.2) is 38.4 Å². The molecule has 0 saturated carbocycles. The zero-order valence-electron chi connectivity index (χ0n) is 14.8. The molecule has 1 aliphatic rings. The van der Waals surface area contributed by atoms with Crippen molar-refractivity contribution in [3.8, 4) is 0 Å². The van der Waals surface area contributed by atoms with E-state index in [0.717, 1.165) is 34.1 Å². The molecule has 24 heavy (non-hydrogen) atoms. The lowest BCUT2D eigenvalue weighted by atomic mass is 9.98. The van der Waals surface area contributed by atoms with Gasteiger partial charge in [0.15, 0.2) is 0 Å². The highest BCUT2D eigenvalue weighted by atomic mass is 16.5. The third kappa shape index (κ3) is 3.19. The zero-order chi connectivity index (χ0) is 17.3. The fraction of sp³-hybridized carbons (Fsp3) is 0.526. The Labute approximate surface area is 142 Å². The van der Waals surface area contributed by atoms with Gasteiger partial charge in [0.05, 0.1) is 25.3 Å². The number of amides is 1. The minimum absolute atomic E-state index is 0.000470. The summed E-state index contributed by atoms with van der Waals surface area (Å²) in [7, 11) is 1.65. The van der Waals surface area contributed by atoms with Crippen molar-refractivity contribution in [3.63, 3.8) is 0 Å². The summed E-state index contributed by atoms with van der Waals surface area (Å²) < 4.78 is 16.5. The highest BCUT2D eigenvalue weighted by molar-refractivity contribution is 5.92. The van der Waals surface area contributed by atoms with Gasteiger partial charge in [0, 0.05) is 24.7 Å². The predicted octanol–water partition coefficient (Wildman–Crippen LogP) is 2.82. The van der Waals surface area contributed by atoms with Crippen LogP contribution in [0.3, 0.4) is 0 Å². The number of furan rings is 1. The van der Waals surface area contributed by atoms with Crippen LogP contribution in [0.1, 0.15) is 28.7 Å². The number of aryl methyl sites for hydroxylation is 3. The first kappa shape index (κ1) is 17.0. The molecule has 1 aliphatic heterocycles. The molecule has 0 radical (unpaired) electrons. The molecule has 2 heterocycles. The average Bonchev–Trinajstić information content (AvgIpc) is 2.97. The summed E-state index contributed by atoms with van der Waals surface area (Å²) in [5, 5.41) is 4.14. The van der Waals surface area contributed by atoms with E-state index in [1.165, 1.54) is 5.56 Å². The fourth-order valence-corrected chi connectivity index (χ4v) is 3.46. The number of benzene rings is 1. The number of nitrogens with one attached hydrogen (secondary N) is 1. The minimum Gasteiger partial charge on any atom is -0.464 e. The highest BCUT2D eigenvalue weighted by Gasteiger charge is 2.27. The van der Waals surface area contributed by atoms with E-state index in [1.807, 2.05) is 0 Å². The summed E-state index contributed by atoms with van der Waals surface area (Å²) in [6, 6.07) is 2.15. The Bertz CT molecular complexity index is 749. The molecule has 1 aromatic carbocycles. The summed E-state index contributed by atoms with van der Waals surface area (Å²) in [6.45, 7) is 7.36. The quantitative estimate of drug-likeness (QED) is 0.936. The maximum atomic E-state index is 12.5. The van der Waals surface area contributed by atoms with Crippen LogP contribution < -0.4 is 5.32 Å². The van der Waals surface area contributed by atoms with Gasteiger partial charge in [-0.25, -0.2) is 0 Å². The molecule has 1 aromatic heterocycles. The van der Waals surface area contributed by atoms with Crippen molar-refractivity contribution in [1.29, 1.82) is 0 Å². The molecule has 0 aliphatic carbocycles. The molecule has 5 heteroatoms. The van der Waals surface area contributed by atoms with Gasteiger partial charge in [-0.15, -0.1) is 0 Å². The van der Waals surface area contributed by atoms with Crippen molar-refractivity contribution in [3.05, 3.63) is 34.6 Å². The number of ether oxygens (including phenoxy) is 2. The lowest BCUT2D eigenvalue weighted by Crippen LogP contribution is -2.50. The second kappa shape index (κ2) is 6.95. The summed E-state index contributed by atoms with van der Waals surface area (Å²) in [4.78, 5) is 12.5. The lowest BCUT2D eigenvalue weighted by molar-refractivity contribution is -0.124. The number of carbonyl (C=O) groups is 1. The number of hydrogen-bond acceptors (Lipinski definition) is 4. The summed E-state index contributed by atoms with van der Waals surface area (Å²) in [5.41, 5.74) is 5.30. The molecule has 1 fully saturated rings. The van der Waals surface area contributed by atoms with Crippen LogP contribution in [0, 0.1) is 20.8 Å². The van der Waals surface area contributed by atoms with Crippen LogP contribution in [0.15, 0.2) is 16.7 Å². The van der Waals surface area contributed by atoms with Crippen LogP contribution in [0.4, 0.5) is 0 Å².